The molecule has 1 N–H and O–H groups in total. The summed E-state index contributed by atoms with van der Waals surface area (Å²) in [6.07, 6.45) is 6.45. The summed E-state index contributed by atoms with van der Waals surface area (Å²) in [5.41, 5.74) is 1.89. The van der Waals surface area contributed by atoms with Crippen LogP contribution in [0.25, 0.3) is 22.0 Å². The number of aliphatic hydroxyl groups excluding tert-OH is 1. The fourth-order valence-corrected chi connectivity index (χ4v) is 5.06. The Morgan fingerprint density at radius 1 is 1.00 bits per heavy atom. The zero-order valence-electron chi connectivity index (χ0n) is 18.4. The van der Waals surface area contributed by atoms with Crippen molar-refractivity contribution in [3.05, 3.63) is 48.8 Å². The number of anilines is 1. The van der Waals surface area contributed by atoms with Gasteiger partial charge in [0, 0.05) is 60.3 Å². The van der Waals surface area contributed by atoms with Gasteiger partial charge in [-0.1, -0.05) is 30.3 Å². The van der Waals surface area contributed by atoms with Crippen LogP contribution in [0.4, 0.5) is 5.82 Å². The van der Waals surface area contributed by atoms with Crippen molar-refractivity contribution >= 4 is 22.5 Å². The lowest BCUT2D eigenvalue weighted by molar-refractivity contribution is -0.138. The van der Waals surface area contributed by atoms with Crippen molar-refractivity contribution in [2.24, 2.45) is 5.92 Å². The number of aromatic nitrogens is 3. The molecule has 0 spiro atoms. The quantitative estimate of drug-likeness (QED) is 0.685. The summed E-state index contributed by atoms with van der Waals surface area (Å²) in [5.74, 6) is 1.11. The van der Waals surface area contributed by atoms with E-state index in [-0.39, 0.29) is 24.0 Å². The van der Waals surface area contributed by atoms with Gasteiger partial charge in [0.15, 0.2) is 5.82 Å². The summed E-state index contributed by atoms with van der Waals surface area (Å²) in [5, 5.41) is 21.0. The summed E-state index contributed by atoms with van der Waals surface area (Å²) in [7, 11) is 0. The van der Waals surface area contributed by atoms with Crippen molar-refractivity contribution in [1.82, 2.24) is 20.1 Å². The van der Waals surface area contributed by atoms with Crippen LogP contribution < -0.4 is 4.90 Å². The third-order valence-corrected chi connectivity index (χ3v) is 6.87. The molecule has 166 valence electrons. The first-order valence-corrected chi connectivity index (χ1v) is 11.5. The fourth-order valence-electron chi connectivity index (χ4n) is 5.06. The maximum atomic E-state index is 13.1. The number of nitrogens with zero attached hydrogens (tertiary/aromatic N) is 5. The highest BCUT2D eigenvalue weighted by molar-refractivity contribution is 5.99. The third-order valence-electron chi connectivity index (χ3n) is 6.87. The van der Waals surface area contributed by atoms with E-state index in [1.165, 1.54) is 0 Å². The number of aliphatic hydroxyl groups is 1. The first-order chi connectivity index (χ1) is 15.6. The molecular weight excluding hydrogens is 402 g/mol. The van der Waals surface area contributed by atoms with E-state index in [4.69, 9.17) is 0 Å². The number of benzene rings is 1. The van der Waals surface area contributed by atoms with E-state index in [2.05, 4.69) is 27.0 Å². The topological polar surface area (TPSA) is 82.5 Å². The summed E-state index contributed by atoms with van der Waals surface area (Å²) in [4.78, 5) is 21.7. The Balaban J connectivity index is 1.38. The van der Waals surface area contributed by atoms with Crippen LogP contribution in [0.1, 0.15) is 32.6 Å². The number of fused-ring (bicyclic) bond motifs is 1. The molecule has 0 radical (unpaired) electrons. The van der Waals surface area contributed by atoms with Gasteiger partial charge in [-0.3, -0.25) is 9.78 Å². The van der Waals surface area contributed by atoms with E-state index in [0.717, 1.165) is 53.5 Å². The summed E-state index contributed by atoms with van der Waals surface area (Å²) < 4.78 is 0. The molecule has 2 aromatic heterocycles. The molecule has 7 heteroatoms. The monoisotopic (exact) mass is 431 g/mol. The van der Waals surface area contributed by atoms with Crippen molar-refractivity contribution in [3.8, 4) is 11.3 Å². The van der Waals surface area contributed by atoms with E-state index < -0.39 is 0 Å². The van der Waals surface area contributed by atoms with Gasteiger partial charge in [-0.25, -0.2) is 0 Å². The van der Waals surface area contributed by atoms with Crippen molar-refractivity contribution in [3.63, 3.8) is 0 Å². The minimum absolute atomic E-state index is 0.0483. The van der Waals surface area contributed by atoms with E-state index in [1.807, 2.05) is 47.5 Å². The molecule has 1 atom stereocenters. The second kappa shape index (κ2) is 8.82. The number of hydrogen-bond donors (Lipinski definition) is 1. The Hall–Kier alpha value is -3.06. The largest absolute Gasteiger partial charge is 0.393 e. The number of pyridine rings is 1. The summed E-state index contributed by atoms with van der Waals surface area (Å²) in [6.45, 7) is 4.19. The Morgan fingerprint density at radius 2 is 1.78 bits per heavy atom. The lowest BCUT2D eigenvalue weighted by atomic mass is 9.86. The van der Waals surface area contributed by atoms with Crippen LogP contribution >= 0.6 is 0 Å². The van der Waals surface area contributed by atoms with E-state index in [0.29, 0.717) is 19.6 Å². The van der Waals surface area contributed by atoms with Gasteiger partial charge in [-0.2, -0.15) is 0 Å². The van der Waals surface area contributed by atoms with E-state index in [9.17, 15) is 9.90 Å². The number of carbonyl (C=O) groups is 1. The third kappa shape index (κ3) is 3.93. The Labute approximate surface area is 188 Å². The maximum Gasteiger partial charge on any atom is 0.225 e. The van der Waals surface area contributed by atoms with E-state index >= 15 is 0 Å². The zero-order valence-corrected chi connectivity index (χ0v) is 18.4. The van der Waals surface area contributed by atoms with Gasteiger partial charge in [-0.05, 0) is 38.7 Å². The molecule has 1 aromatic carbocycles. The molecule has 2 fully saturated rings. The lowest BCUT2D eigenvalue weighted by Gasteiger charge is -2.42. The zero-order chi connectivity index (χ0) is 22.1. The fraction of sp³-hybridized carbons (Fsp3) is 0.440. The van der Waals surface area contributed by atoms with E-state index in [1.54, 1.807) is 6.20 Å². The average Bonchev–Trinajstić information content (AvgIpc) is 2.84. The van der Waals surface area contributed by atoms with Gasteiger partial charge in [-0.15, -0.1) is 10.2 Å². The highest BCUT2D eigenvalue weighted by atomic mass is 16.3. The summed E-state index contributed by atoms with van der Waals surface area (Å²) >= 11 is 0. The Kier molecular flexibility index (Phi) is 5.74. The lowest BCUT2D eigenvalue weighted by Crippen LogP contribution is -2.55. The second-order valence-electron chi connectivity index (χ2n) is 8.99. The number of hydrogen-bond acceptors (Lipinski definition) is 6. The van der Waals surface area contributed by atoms with Crippen molar-refractivity contribution in [1.29, 1.82) is 0 Å². The SMILES string of the molecule is C[C@@H]1CN(C(=O)[C@H]2CC[C@@H](O)CC2)CCN1c1nnc(-c2ccccc2)c2ccncc12. The molecular formula is C25H29N5O2. The van der Waals surface area contributed by atoms with Crippen LogP contribution in [0.2, 0.25) is 0 Å². The minimum Gasteiger partial charge on any atom is -0.393 e. The minimum atomic E-state index is -0.242. The van der Waals surface area contributed by atoms with Crippen molar-refractivity contribution in [2.75, 3.05) is 24.5 Å². The van der Waals surface area contributed by atoms with Gasteiger partial charge in [0.1, 0.15) is 5.69 Å². The first-order valence-electron chi connectivity index (χ1n) is 11.5. The van der Waals surface area contributed by atoms with Crippen LogP contribution in [0.5, 0.6) is 0 Å². The van der Waals surface area contributed by atoms with Gasteiger partial charge in [0.25, 0.3) is 0 Å². The van der Waals surface area contributed by atoms with Crippen LogP contribution in [0.3, 0.4) is 0 Å². The molecule has 1 saturated carbocycles. The molecule has 1 saturated heterocycles. The number of carbonyl (C=O) groups excluding carboxylic acids is 1. The average molecular weight is 432 g/mol. The number of rotatable bonds is 3. The first kappa shape index (κ1) is 20.8. The molecule has 1 aliphatic heterocycles. The molecule has 32 heavy (non-hydrogen) atoms. The van der Waals surface area contributed by atoms with Crippen LogP contribution in [-0.4, -0.2) is 62.9 Å². The molecule has 1 aliphatic carbocycles. The van der Waals surface area contributed by atoms with Crippen LogP contribution in [0, 0.1) is 5.92 Å². The molecule has 1 amide bonds. The Bertz CT molecular complexity index is 1100. The van der Waals surface area contributed by atoms with Crippen molar-refractivity contribution < 1.29 is 9.90 Å². The number of amides is 1. The standard InChI is InChI=1S/C25H29N5O2/c1-17-16-29(25(32)19-7-9-20(31)10-8-19)13-14-30(17)24-22-15-26-12-11-21(22)23(27-28-24)18-5-3-2-4-6-18/h2-6,11-12,15,17,19-20,31H,7-10,13-14,16H2,1H3/t17-,19-,20+/m1/s1. The number of piperazine rings is 1. The van der Waals surface area contributed by atoms with Gasteiger partial charge >= 0.3 is 0 Å². The Morgan fingerprint density at radius 3 is 2.53 bits per heavy atom. The van der Waals surface area contributed by atoms with Gasteiger partial charge in [0.05, 0.1) is 6.10 Å². The molecule has 0 bridgehead atoms. The predicted octanol–water partition coefficient (Wildman–Crippen LogP) is 3.28. The molecule has 0 unspecified atom stereocenters. The smallest absolute Gasteiger partial charge is 0.225 e. The summed E-state index contributed by atoms with van der Waals surface area (Å²) in [6, 6.07) is 12.2. The normalized spacial score (nSPS) is 24.0. The van der Waals surface area contributed by atoms with Gasteiger partial charge in [0.2, 0.25) is 5.91 Å². The maximum absolute atomic E-state index is 13.1. The predicted molar refractivity (Wildman–Crippen MR) is 124 cm³/mol. The molecule has 5 rings (SSSR count). The molecule has 3 heterocycles. The van der Waals surface area contributed by atoms with Gasteiger partial charge < -0.3 is 14.9 Å². The highest BCUT2D eigenvalue weighted by Crippen LogP contribution is 2.33. The molecule has 7 nitrogen and oxygen atoms in total. The highest BCUT2D eigenvalue weighted by Gasteiger charge is 2.34. The van der Waals surface area contributed by atoms with Crippen LogP contribution in [0.15, 0.2) is 48.8 Å². The second-order valence-corrected chi connectivity index (χ2v) is 8.99. The molecule has 3 aromatic rings. The van der Waals surface area contributed by atoms with Crippen molar-refractivity contribution in [2.45, 2.75) is 44.8 Å². The molecule has 2 aliphatic rings. The van der Waals surface area contributed by atoms with Crippen LogP contribution in [-0.2, 0) is 4.79 Å².